The SMILES string of the molecule is CCCNS(=O)(=O)NC(C)C(C)=O. The molecule has 0 aliphatic carbocycles. The van der Waals surface area contributed by atoms with E-state index in [4.69, 9.17) is 0 Å². The first kappa shape index (κ1) is 12.5. The van der Waals surface area contributed by atoms with Crippen LogP contribution in [0.2, 0.25) is 0 Å². The molecule has 0 fully saturated rings. The van der Waals surface area contributed by atoms with E-state index in [0.29, 0.717) is 6.54 Å². The molecule has 0 aromatic rings. The molecule has 0 radical (unpaired) electrons. The van der Waals surface area contributed by atoms with Gasteiger partial charge in [0.1, 0.15) is 5.78 Å². The van der Waals surface area contributed by atoms with E-state index in [1.807, 2.05) is 6.92 Å². The Kier molecular flexibility index (Phi) is 5.12. The maximum atomic E-state index is 11.1. The molecule has 6 heteroatoms. The highest BCUT2D eigenvalue weighted by atomic mass is 32.2. The smallest absolute Gasteiger partial charge is 0.277 e. The maximum Gasteiger partial charge on any atom is 0.277 e. The summed E-state index contributed by atoms with van der Waals surface area (Å²) in [6.45, 7) is 5.08. The van der Waals surface area contributed by atoms with Crippen LogP contribution in [0.5, 0.6) is 0 Å². The van der Waals surface area contributed by atoms with Gasteiger partial charge in [-0.05, 0) is 20.3 Å². The Bertz CT molecular complexity index is 261. The zero-order chi connectivity index (χ0) is 10.5. The molecule has 0 aromatic heterocycles. The minimum atomic E-state index is -3.51. The van der Waals surface area contributed by atoms with Crippen molar-refractivity contribution >= 4 is 16.0 Å². The summed E-state index contributed by atoms with van der Waals surface area (Å²) < 4.78 is 26.8. The molecule has 2 N–H and O–H groups in total. The molecule has 0 rings (SSSR count). The third-order valence-electron chi connectivity index (χ3n) is 1.48. The average Bonchev–Trinajstić information content (AvgIpc) is 2.00. The van der Waals surface area contributed by atoms with Crippen LogP contribution in [0.4, 0.5) is 0 Å². The number of ketones is 1. The molecule has 0 saturated carbocycles. The van der Waals surface area contributed by atoms with E-state index in [1.54, 1.807) is 0 Å². The Morgan fingerprint density at radius 1 is 1.46 bits per heavy atom. The number of rotatable bonds is 6. The van der Waals surface area contributed by atoms with E-state index >= 15 is 0 Å². The fourth-order valence-electron chi connectivity index (χ4n) is 0.594. The Morgan fingerprint density at radius 3 is 2.38 bits per heavy atom. The number of carbonyl (C=O) groups excluding carboxylic acids is 1. The van der Waals surface area contributed by atoms with Crippen LogP contribution in [-0.4, -0.2) is 26.8 Å². The number of hydrogen-bond donors (Lipinski definition) is 2. The fraction of sp³-hybridized carbons (Fsp3) is 0.857. The third-order valence-corrected chi connectivity index (χ3v) is 2.73. The van der Waals surface area contributed by atoms with Crippen molar-refractivity contribution in [2.45, 2.75) is 33.2 Å². The van der Waals surface area contributed by atoms with E-state index in [1.165, 1.54) is 13.8 Å². The molecule has 1 unspecified atom stereocenters. The quantitative estimate of drug-likeness (QED) is 0.634. The Morgan fingerprint density at radius 2 is 2.00 bits per heavy atom. The van der Waals surface area contributed by atoms with Gasteiger partial charge in [-0.15, -0.1) is 0 Å². The van der Waals surface area contributed by atoms with Crippen LogP contribution in [0.3, 0.4) is 0 Å². The molecule has 0 aliphatic rings. The predicted molar refractivity (Wildman–Crippen MR) is 50.5 cm³/mol. The summed E-state index contributed by atoms with van der Waals surface area (Å²) in [5.74, 6) is -0.207. The van der Waals surface area contributed by atoms with Gasteiger partial charge in [0.2, 0.25) is 0 Å². The minimum Gasteiger partial charge on any atom is -0.298 e. The molecule has 78 valence electrons. The van der Waals surface area contributed by atoms with E-state index in [0.717, 1.165) is 6.42 Å². The molecule has 0 aliphatic heterocycles. The molecule has 0 heterocycles. The molecule has 0 amide bonds. The first-order chi connectivity index (χ1) is 5.89. The van der Waals surface area contributed by atoms with Crippen molar-refractivity contribution in [3.05, 3.63) is 0 Å². The van der Waals surface area contributed by atoms with Crippen LogP contribution >= 0.6 is 0 Å². The maximum absolute atomic E-state index is 11.1. The second kappa shape index (κ2) is 5.31. The highest BCUT2D eigenvalue weighted by molar-refractivity contribution is 7.87. The van der Waals surface area contributed by atoms with E-state index in [-0.39, 0.29) is 5.78 Å². The molecule has 13 heavy (non-hydrogen) atoms. The molecular weight excluding hydrogens is 192 g/mol. The summed E-state index contributed by atoms with van der Waals surface area (Å²) >= 11 is 0. The molecule has 0 saturated heterocycles. The molecular formula is C7H16N2O3S. The van der Waals surface area contributed by atoms with Crippen LogP contribution in [-0.2, 0) is 15.0 Å². The van der Waals surface area contributed by atoms with Gasteiger partial charge in [0.25, 0.3) is 10.2 Å². The first-order valence-corrected chi connectivity index (χ1v) is 5.64. The summed E-state index contributed by atoms with van der Waals surface area (Å²) in [6, 6.07) is -0.672. The van der Waals surface area contributed by atoms with Crippen molar-refractivity contribution in [2.24, 2.45) is 0 Å². The van der Waals surface area contributed by atoms with Gasteiger partial charge in [-0.2, -0.15) is 13.1 Å². The van der Waals surface area contributed by atoms with Gasteiger partial charge in [-0.25, -0.2) is 4.72 Å². The van der Waals surface area contributed by atoms with Crippen LogP contribution in [0, 0.1) is 0 Å². The monoisotopic (exact) mass is 208 g/mol. The van der Waals surface area contributed by atoms with Crippen molar-refractivity contribution in [3.8, 4) is 0 Å². The molecule has 0 spiro atoms. The largest absolute Gasteiger partial charge is 0.298 e. The second-order valence-corrected chi connectivity index (χ2v) is 4.38. The normalized spacial score (nSPS) is 14.1. The van der Waals surface area contributed by atoms with Gasteiger partial charge in [0, 0.05) is 6.54 Å². The van der Waals surface area contributed by atoms with Gasteiger partial charge in [-0.3, -0.25) is 4.79 Å². The van der Waals surface area contributed by atoms with Gasteiger partial charge in [-0.1, -0.05) is 6.92 Å². The van der Waals surface area contributed by atoms with Gasteiger partial charge >= 0.3 is 0 Å². The number of nitrogens with one attached hydrogen (secondary N) is 2. The molecule has 1 atom stereocenters. The zero-order valence-electron chi connectivity index (χ0n) is 8.12. The lowest BCUT2D eigenvalue weighted by Crippen LogP contribution is -2.44. The Labute approximate surface area is 79.1 Å². The van der Waals surface area contributed by atoms with Crippen LogP contribution in [0.1, 0.15) is 27.2 Å². The zero-order valence-corrected chi connectivity index (χ0v) is 8.94. The van der Waals surface area contributed by atoms with Crippen molar-refractivity contribution in [1.29, 1.82) is 0 Å². The lowest BCUT2D eigenvalue weighted by Gasteiger charge is -2.11. The standard InChI is InChI=1S/C7H16N2O3S/c1-4-5-8-13(11,12)9-6(2)7(3)10/h6,8-9H,4-5H2,1-3H3. The lowest BCUT2D eigenvalue weighted by molar-refractivity contribution is -0.118. The summed E-state index contributed by atoms with van der Waals surface area (Å²) in [5, 5.41) is 0. The van der Waals surface area contributed by atoms with Gasteiger partial charge < -0.3 is 0 Å². The highest BCUT2D eigenvalue weighted by Gasteiger charge is 2.15. The van der Waals surface area contributed by atoms with Crippen LogP contribution in [0.15, 0.2) is 0 Å². The summed E-state index contributed by atoms with van der Waals surface area (Å²) in [7, 11) is -3.51. The van der Waals surface area contributed by atoms with Gasteiger partial charge in [0.05, 0.1) is 6.04 Å². The van der Waals surface area contributed by atoms with Gasteiger partial charge in [0.15, 0.2) is 0 Å². The lowest BCUT2D eigenvalue weighted by atomic mass is 10.3. The average molecular weight is 208 g/mol. The minimum absolute atomic E-state index is 0.207. The fourth-order valence-corrected chi connectivity index (χ4v) is 1.78. The number of hydrogen-bond acceptors (Lipinski definition) is 3. The number of carbonyl (C=O) groups is 1. The van der Waals surface area contributed by atoms with Crippen molar-refractivity contribution in [1.82, 2.24) is 9.44 Å². The summed E-state index contributed by atoms with van der Waals surface area (Å²) in [5.41, 5.74) is 0. The summed E-state index contributed by atoms with van der Waals surface area (Å²) in [4.78, 5) is 10.7. The van der Waals surface area contributed by atoms with Crippen molar-refractivity contribution < 1.29 is 13.2 Å². The Balaban J connectivity index is 4.10. The predicted octanol–water partition coefficient (Wildman–Crippen LogP) is -0.202. The van der Waals surface area contributed by atoms with E-state index < -0.39 is 16.3 Å². The first-order valence-electron chi connectivity index (χ1n) is 4.16. The highest BCUT2D eigenvalue weighted by Crippen LogP contribution is 1.87. The van der Waals surface area contributed by atoms with E-state index in [9.17, 15) is 13.2 Å². The topological polar surface area (TPSA) is 75.3 Å². The summed E-state index contributed by atoms with van der Waals surface area (Å²) in [6.07, 6.45) is 0.718. The molecule has 5 nitrogen and oxygen atoms in total. The third kappa shape index (κ3) is 5.73. The molecule has 0 aromatic carbocycles. The van der Waals surface area contributed by atoms with Crippen LogP contribution in [0.25, 0.3) is 0 Å². The van der Waals surface area contributed by atoms with Crippen molar-refractivity contribution in [3.63, 3.8) is 0 Å². The van der Waals surface area contributed by atoms with Crippen molar-refractivity contribution in [2.75, 3.05) is 6.54 Å². The Hall–Kier alpha value is -0.460. The second-order valence-electron chi connectivity index (χ2n) is 2.85. The molecule has 0 bridgehead atoms. The van der Waals surface area contributed by atoms with E-state index in [2.05, 4.69) is 9.44 Å². The number of Topliss-reactive ketones (excluding diaryl/α,β-unsaturated/α-hetero) is 1. The van der Waals surface area contributed by atoms with Crippen LogP contribution < -0.4 is 9.44 Å².